The van der Waals surface area contributed by atoms with Gasteiger partial charge in [-0.15, -0.1) is 5.10 Å². The summed E-state index contributed by atoms with van der Waals surface area (Å²) in [6.45, 7) is 10.2. The number of thioether (sulfide) groups is 1. The molecule has 0 radical (unpaired) electrons. The fourth-order valence-corrected chi connectivity index (χ4v) is 4.44. The van der Waals surface area contributed by atoms with Gasteiger partial charge in [-0.3, -0.25) is 4.79 Å². The van der Waals surface area contributed by atoms with Crippen molar-refractivity contribution in [2.75, 3.05) is 5.75 Å². The van der Waals surface area contributed by atoms with Crippen LogP contribution in [-0.2, 0) is 11.8 Å². The summed E-state index contributed by atoms with van der Waals surface area (Å²) < 4.78 is 1.62. The van der Waals surface area contributed by atoms with Crippen molar-refractivity contribution in [2.45, 2.75) is 44.2 Å². The summed E-state index contributed by atoms with van der Waals surface area (Å²) in [4.78, 5) is 18.3. The molecule has 0 bridgehead atoms. The van der Waals surface area contributed by atoms with Crippen molar-refractivity contribution >= 4 is 17.5 Å². The van der Waals surface area contributed by atoms with Crippen LogP contribution in [0.3, 0.4) is 0 Å². The first kappa shape index (κ1) is 17.1. The smallest absolute Gasteiger partial charge is 0.265 e. The van der Waals surface area contributed by atoms with Gasteiger partial charge < -0.3 is 0 Å². The molecule has 2 aromatic heterocycles. The van der Waals surface area contributed by atoms with Crippen LogP contribution in [0, 0.1) is 0 Å². The van der Waals surface area contributed by atoms with Crippen LogP contribution in [0.2, 0.25) is 0 Å². The summed E-state index contributed by atoms with van der Waals surface area (Å²) in [6, 6.07) is 8.24. The summed E-state index contributed by atoms with van der Waals surface area (Å²) in [7, 11) is 0. The minimum Gasteiger partial charge on any atom is -0.268 e. The van der Waals surface area contributed by atoms with E-state index in [0.29, 0.717) is 10.9 Å². The number of rotatable bonds is 4. The summed E-state index contributed by atoms with van der Waals surface area (Å²) in [6.07, 6.45) is 1.73. The van der Waals surface area contributed by atoms with E-state index in [9.17, 15) is 4.79 Å². The molecule has 0 amide bonds. The summed E-state index contributed by atoms with van der Waals surface area (Å²) in [5.74, 6) is 1.21. The first-order valence-electron chi connectivity index (χ1n) is 8.81. The maximum absolute atomic E-state index is 13.5. The fourth-order valence-electron chi connectivity index (χ4n) is 3.66. The van der Waals surface area contributed by atoms with Crippen LogP contribution in [0.1, 0.15) is 38.3 Å². The number of aromatic nitrogens is 4. The van der Waals surface area contributed by atoms with Crippen molar-refractivity contribution in [3.63, 3.8) is 0 Å². The van der Waals surface area contributed by atoms with Crippen molar-refractivity contribution in [3.05, 3.63) is 57.9 Å². The lowest BCUT2D eigenvalue weighted by Crippen LogP contribution is -2.37. The number of hydrogen-bond donors (Lipinski definition) is 1. The highest BCUT2D eigenvalue weighted by molar-refractivity contribution is 7.99. The largest absolute Gasteiger partial charge is 0.268 e. The van der Waals surface area contributed by atoms with Gasteiger partial charge in [0.25, 0.3) is 5.56 Å². The van der Waals surface area contributed by atoms with E-state index in [1.165, 1.54) is 17.3 Å². The Kier molecular flexibility index (Phi) is 4.03. The molecule has 0 aliphatic heterocycles. The molecule has 5 nitrogen and oxygen atoms in total. The van der Waals surface area contributed by atoms with E-state index in [1.54, 1.807) is 4.40 Å². The van der Waals surface area contributed by atoms with Crippen molar-refractivity contribution in [3.8, 4) is 11.3 Å². The molecule has 2 heterocycles. The molecule has 26 heavy (non-hydrogen) atoms. The summed E-state index contributed by atoms with van der Waals surface area (Å²) in [5, 5.41) is 7.90. The van der Waals surface area contributed by atoms with Gasteiger partial charge in [-0.05, 0) is 25.3 Å². The van der Waals surface area contributed by atoms with Crippen LogP contribution in [0.25, 0.3) is 17.0 Å². The number of fused-ring (bicyclic) bond motifs is 4. The molecule has 1 N–H and O–H groups in total. The Morgan fingerprint density at radius 3 is 2.92 bits per heavy atom. The number of nitrogens with zero attached hydrogens (tertiary/aromatic N) is 3. The fraction of sp³-hybridized carbons (Fsp3) is 0.350. The molecule has 3 aromatic rings. The molecule has 134 valence electrons. The zero-order valence-electron chi connectivity index (χ0n) is 15.3. The molecule has 0 unspecified atom stereocenters. The first-order chi connectivity index (χ1) is 12.4. The number of benzene rings is 1. The van der Waals surface area contributed by atoms with E-state index >= 15 is 0 Å². The lowest BCUT2D eigenvalue weighted by atomic mass is 9.69. The Labute approximate surface area is 156 Å². The number of aromatic amines is 1. The highest BCUT2D eigenvalue weighted by Gasteiger charge is 2.38. The van der Waals surface area contributed by atoms with Crippen LogP contribution in [-0.4, -0.2) is 25.3 Å². The van der Waals surface area contributed by atoms with Gasteiger partial charge in [0.05, 0.1) is 11.3 Å². The van der Waals surface area contributed by atoms with E-state index in [2.05, 4.69) is 42.8 Å². The first-order valence-corrected chi connectivity index (χ1v) is 9.80. The molecule has 0 spiro atoms. The molecule has 6 heteroatoms. The van der Waals surface area contributed by atoms with Crippen molar-refractivity contribution in [1.29, 1.82) is 0 Å². The topological polar surface area (TPSA) is 63.0 Å². The molecular formula is C20H22N4OS. The summed E-state index contributed by atoms with van der Waals surface area (Å²) in [5.41, 5.74) is 4.69. The average molecular weight is 366 g/mol. The lowest BCUT2D eigenvalue weighted by molar-refractivity contribution is 0.439. The molecule has 1 aromatic carbocycles. The van der Waals surface area contributed by atoms with Crippen LogP contribution in [0.5, 0.6) is 0 Å². The predicted octanol–water partition coefficient (Wildman–Crippen LogP) is 3.98. The van der Waals surface area contributed by atoms with Crippen molar-refractivity contribution in [2.24, 2.45) is 0 Å². The zero-order chi connectivity index (χ0) is 18.5. The molecule has 0 saturated carbocycles. The Hall–Kier alpha value is -2.34. The van der Waals surface area contributed by atoms with Gasteiger partial charge in [0, 0.05) is 16.7 Å². The van der Waals surface area contributed by atoms with E-state index in [-0.39, 0.29) is 11.0 Å². The Bertz CT molecular complexity index is 1080. The van der Waals surface area contributed by atoms with Gasteiger partial charge in [-0.1, -0.05) is 62.0 Å². The second-order valence-electron chi connectivity index (χ2n) is 7.30. The monoisotopic (exact) mass is 366 g/mol. The highest BCUT2D eigenvalue weighted by atomic mass is 32.2. The highest BCUT2D eigenvalue weighted by Crippen LogP contribution is 2.42. The molecule has 1 aliphatic rings. The molecule has 1 atom stereocenters. The number of nitrogens with one attached hydrogen (secondary N) is 1. The third-order valence-corrected chi connectivity index (χ3v) is 6.38. The average Bonchev–Trinajstić information content (AvgIpc) is 3.03. The maximum Gasteiger partial charge on any atom is 0.265 e. The molecule has 4 rings (SSSR count). The van der Waals surface area contributed by atoms with Crippen LogP contribution < -0.4 is 5.56 Å². The second-order valence-corrected chi connectivity index (χ2v) is 8.24. The Balaban J connectivity index is 2.01. The lowest BCUT2D eigenvalue weighted by Gasteiger charge is -2.34. The van der Waals surface area contributed by atoms with Gasteiger partial charge in [-0.2, -0.15) is 0 Å². The van der Waals surface area contributed by atoms with E-state index in [1.807, 2.05) is 19.1 Å². The van der Waals surface area contributed by atoms with Crippen LogP contribution in [0.4, 0.5) is 0 Å². The van der Waals surface area contributed by atoms with E-state index < -0.39 is 0 Å². The molecular weight excluding hydrogens is 344 g/mol. The third kappa shape index (κ3) is 2.51. The third-order valence-electron chi connectivity index (χ3n) is 5.21. The maximum atomic E-state index is 13.5. The van der Waals surface area contributed by atoms with Crippen LogP contribution in [0.15, 0.2) is 46.4 Å². The van der Waals surface area contributed by atoms with E-state index in [4.69, 9.17) is 4.98 Å². The van der Waals surface area contributed by atoms with Crippen molar-refractivity contribution < 1.29 is 0 Å². The van der Waals surface area contributed by atoms with Gasteiger partial charge in [0.1, 0.15) is 0 Å². The van der Waals surface area contributed by atoms with Crippen LogP contribution >= 0.6 is 11.8 Å². The normalized spacial score (nSPS) is 18.6. The quantitative estimate of drug-likeness (QED) is 0.560. The summed E-state index contributed by atoms with van der Waals surface area (Å²) >= 11 is 1.50. The SMILES string of the molecule is C=C(C)CSc1n[nH]c2nc3c(c(=O)n12)[C@@](C)(CC)Cc1ccccc1-3. The minimum absolute atomic E-state index is 0.0122. The number of hydrogen-bond acceptors (Lipinski definition) is 4. The molecule has 1 aliphatic carbocycles. The van der Waals surface area contributed by atoms with E-state index in [0.717, 1.165) is 41.0 Å². The van der Waals surface area contributed by atoms with Crippen molar-refractivity contribution in [1.82, 2.24) is 19.6 Å². The van der Waals surface area contributed by atoms with Gasteiger partial charge in [0.2, 0.25) is 5.78 Å². The standard InChI is InChI=1S/C20H22N4OS/c1-5-20(4)10-13-8-6-7-9-14(13)16-15(20)17(25)24-18(21-16)22-23-19(24)26-11-12(2)3/h6-9H,2,5,10-11H2,1,3-4H3,(H,21,22)/t20-/m0/s1. The zero-order valence-corrected chi connectivity index (χ0v) is 16.1. The molecule has 0 saturated heterocycles. The van der Waals surface area contributed by atoms with Gasteiger partial charge in [0.15, 0.2) is 5.16 Å². The van der Waals surface area contributed by atoms with Gasteiger partial charge >= 0.3 is 0 Å². The predicted molar refractivity (Wildman–Crippen MR) is 106 cm³/mol. The Morgan fingerprint density at radius 1 is 1.42 bits per heavy atom. The Morgan fingerprint density at radius 2 is 2.19 bits per heavy atom. The minimum atomic E-state index is -0.234. The second kappa shape index (κ2) is 6.13. The molecule has 0 fully saturated rings. The van der Waals surface area contributed by atoms with Gasteiger partial charge in [-0.25, -0.2) is 14.5 Å². The number of H-pyrrole nitrogens is 1.